The van der Waals surface area contributed by atoms with Crippen LogP contribution < -0.4 is 5.32 Å². The van der Waals surface area contributed by atoms with E-state index in [0.717, 1.165) is 6.54 Å². The first kappa shape index (κ1) is 11.9. The molecule has 1 N–H and O–H groups in total. The third-order valence-electron chi connectivity index (χ3n) is 3.32. The maximum absolute atomic E-state index is 10.8. The molecule has 0 aromatic heterocycles. The van der Waals surface area contributed by atoms with E-state index in [1.165, 1.54) is 38.2 Å². The lowest BCUT2D eigenvalue weighted by molar-refractivity contribution is -0.384. The van der Waals surface area contributed by atoms with Crippen molar-refractivity contribution in [3.63, 3.8) is 0 Å². The number of para-hydroxylation sites is 1. The van der Waals surface area contributed by atoms with Crippen LogP contribution in [0.25, 0.3) is 0 Å². The van der Waals surface area contributed by atoms with Crippen LogP contribution in [0.5, 0.6) is 0 Å². The third kappa shape index (κ3) is 3.19. The number of anilines is 1. The van der Waals surface area contributed by atoms with E-state index in [1.54, 1.807) is 12.1 Å². The molecule has 0 bridgehead atoms. The van der Waals surface area contributed by atoms with Crippen molar-refractivity contribution in [2.24, 2.45) is 5.92 Å². The van der Waals surface area contributed by atoms with Gasteiger partial charge in [-0.05, 0) is 18.8 Å². The van der Waals surface area contributed by atoms with Crippen molar-refractivity contribution in [2.75, 3.05) is 11.9 Å². The van der Waals surface area contributed by atoms with Crippen LogP contribution in [0.1, 0.15) is 32.1 Å². The Kier molecular flexibility index (Phi) is 3.96. The van der Waals surface area contributed by atoms with Gasteiger partial charge >= 0.3 is 0 Å². The van der Waals surface area contributed by atoms with Crippen LogP contribution in [0.2, 0.25) is 0 Å². The molecule has 4 heteroatoms. The van der Waals surface area contributed by atoms with Crippen molar-refractivity contribution in [1.29, 1.82) is 0 Å². The van der Waals surface area contributed by atoms with Crippen molar-refractivity contribution in [1.82, 2.24) is 0 Å². The molecular formula is C13H17N2O2. The quantitative estimate of drug-likeness (QED) is 0.640. The van der Waals surface area contributed by atoms with Crippen molar-refractivity contribution in [2.45, 2.75) is 32.1 Å². The Bertz CT molecular complexity index is 387. The SMILES string of the molecule is O=[N+]([O-])c1ccc[c]c1NCC1CCCCC1. The summed E-state index contributed by atoms with van der Waals surface area (Å²) in [6.07, 6.45) is 6.36. The van der Waals surface area contributed by atoms with Gasteiger partial charge in [0, 0.05) is 18.7 Å². The number of rotatable bonds is 4. The van der Waals surface area contributed by atoms with Crippen LogP contribution in [0.15, 0.2) is 18.2 Å². The Hall–Kier alpha value is -1.58. The van der Waals surface area contributed by atoms with Crippen LogP contribution in [-0.2, 0) is 0 Å². The lowest BCUT2D eigenvalue weighted by atomic mass is 9.89. The van der Waals surface area contributed by atoms with Crippen LogP contribution in [0, 0.1) is 22.1 Å². The zero-order chi connectivity index (χ0) is 12.1. The summed E-state index contributed by atoms with van der Waals surface area (Å²) in [6, 6.07) is 7.77. The molecule has 1 fully saturated rings. The summed E-state index contributed by atoms with van der Waals surface area (Å²) < 4.78 is 0. The Labute approximate surface area is 101 Å². The highest BCUT2D eigenvalue weighted by molar-refractivity contribution is 5.60. The number of nitrogens with zero attached hydrogens (tertiary/aromatic N) is 1. The molecule has 17 heavy (non-hydrogen) atoms. The fourth-order valence-corrected chi connectivity index (χ4v) is 2.36. The molecular weight excluding hydrogens is 216 g/mol. The Morgan fingerprint density at radius 3 is 2.88 bits per heavy atom. The van der Waals surface area contributed by atoms with Crippen LogP contribution >= 0.6 is 0 Å². The van der Waals surface area contributed by atoms with E-state index >= 15 is 0 Å². The second-order valence-electron chi connectivity index (χ2n) is 4.57. The first-order valence-corrected chi connectivity index (χ1v) is 6.16. The first-order chi connectivity index (χ1) is 8.27. The molecule has 0 saturated heterocycles. The van der Waals surface area contributed by atoms with Crippen molar-refractivity contribution < 1.29 is 4.92 Å². The standard InChI is InChI=1S/C13H17N2O2/c16-15(17)13-9-5-4-8-12(13)14-10-11-6-2-1-3-7-11/h4-5,9,11,14H,1-3,6-7,10H2. The van der Waals surface area contributed by atoms with Gasteiger partial charge in [-0.25, -0.2) is 0 Å². The largest absolute Gasteiger partial charge is 0.379 e. The van der Waals surface area contributed by atoms with Gasteiger partial charge < -0.3 is 5.32 Å². The summed E-state index contributed by atoms with van der Waals surface area (Å²) >= 11 is 0. The lowest BCUT2D eigenvalue weighted by Gasteiger charge is -2.22. The van der Waals surface area contributed by atoms with Crippen molar-refractivity contribution >= 4 is 11.4 Å². The van der Waals surface area contributed by atoms with Gasteiger partial charge in [-0.2, -0.15) is 0 Å². The van der Waals surface area contributed by atoms with Crippen LogP contribution in [0.3, 0.4) is 0 Å². The smallest absolute Gasteiger partial charge is 0.292 e. The molecule has 1 saturated carbocycles. The maximum Gasteiger partial charge on any atom is 0.292 e. The predicted octanol–water partition coefficient (Wildman–Crippen LogP) is 3.39. The normalized spacial score (nSPS) is 16.7. The highest BCUT2D eigenvalue weighted by Crippen LogP contribution is 2.26. The summed E-state index contributed by atoms with van der Waals surface area (Å²) in [5.41, 5.74) is 0.631. The maximum atomic E-state index is 10.8. The highest BCUT2D eigenvalue weighted by atomic mass is 16.6. The number of hydrogen-bond donors (Lipinski definition) is 1. The van der Waals surface area contributed by atoms with Gasteiger partial charge in [0.1, 0.15) is 5.69 Å². The molecule has 0 amide bonds. The van der Waals surface area contributed by atoms with Gasteiger partial charge in [0.05, 0.1) is 4.92 Å². The predicted molar refractivity (Wildman–Crippen MR) is 67.0 cm³/mol. The number of nitrogens with one attached hydrogen (secondary N) is 1. The fourth-order valence-electron chi connectivity index (χ4n) is 2.36. The summed E-state index contributed by atoms with van der Waals surface area (Å²) in [5.74, 6) is 0.650. The van der Waals surface area contributed by atoms with Gasteiger partial charge in [0.15, 0.2) is 0 Å². The zero-order valence-corrected chi connectivity index (χ0v) is 9.82. The van der Waals surface area contributed by atoms with Gasteiger partial charge in [-0.1, -0.05) is 31.4 Å². The number of benzene rings is 1. The minimum atomic E-state index is -0.361. The molecule has 1 radical (unpaired) electrons. The van der Waals surface area contributed by atoms with Crippen molar-refractivity contribution in [3.8, 4) is 0 Å². The second kappa shape index (κ2) is 5.66. The van der Waals surface area contributed by atoms with Crippen LogP contribution in [0.4, 0.5) is 11.4 Å². The molecule has 1 aromatic rings. The topological polar surface area (TPSA) is 55.2 Å². The number of nitro groups is 1. The van der Waals surface area contributed by atoms with E-state index in [2.05, 4.69) is 11.4 Å². The number of hydrogen-bond acceptors (Lipinski definition) is 3. The summed E-state index contributed by atoms with van der Waals surface area (Å²) in [5, 5.41) is 14.0. The van der Waals surface area contributed by atoms with Gasteiger partial charge in [-0.3, -0.25) is 10.1 Å². The Morgan fingerprint density at radius 2 is 2.18 bits per heavy atom. The molecule has 4 nitrogen and oxygen atoms in total. The molecule has 91 valence electrons. The average molecular weight is 233 g/mol. The lowest BCUT2D eigenvalue weighted by Crippen LogP contribution is -2.17. The Balaban J connectivity index is 1.96. The minimum absolute atomic E-state index is 0.114. The van der Waals surface area contributed by atoms with E-state index in [9.17, 15) is 10.1 Å². The number of nitro benzene ring substituents is 1. The molecule has 1 aliphatic rings. The summed E-state index contributed by atoms with van der Waals surface area (Å²) in [4.78, 5) is 10.5. The van der Waals surface area contributed by atoms with E-state index < -0.39 is 0 Å². The minimum Gasteiger partial charge on any atom is -0.379 e. The average Bonchev–Trinajstić information content (AvgIpc) is 2.38. The third-order valence-corrected chi connectivity index (χ3v) is 3.32. The molecule has 0 unspecified atom stereocenters. The van der Waals surface area contributed by atoms with Crippen LogP contribution in [-0.4, -0.2) is 11.5 Å². The van der Waals surface area contributed by atoms with E-state index in [0.29, 0.717) is 11.6 Å². The molecule has 2 rings (SSSR count). The molecule has 0 aliphatic heterocycles. The summed E-state index contributed by atoms with van der Waals surface area (Å²) in [6.45, 7) is 0.821. The van der Waals surface area contributed by atoms with E-state index in [-0.39, 0.29) is 10.6 Å². The van der Waals surface area contributed by atoms with E-state index in [1.807, 2.05) is 0 Å². The molecule has 0 atom stereocenters. The molecule has 0 spiro atoms. The second-order valence-corrected chi connectivity index (χ2v) is 4.57. The first-order valence-electron chi connectivity index (χ1n) is 6.16. The highest BCUT2D eigenvalue weighted by Gasteiger charge is 2.16. The van der Waals surface area contributed by atoms with E-state index in [4.69, 9.17) is 0 Å². The molecule has 1 aromatic carbocycles. The van der Waals surface area contributed by atoms with Gasteiger partial charge in [-0.15, -0.1) is 0 Å². The molecule has 1 aliphatic carbocycles. The van der Waals surface area contributed by atoms with Gasteiger partial charge in [0.2, 0.25) is 0 Å². The van der Waals surface area contributed by atoms with Crippen molar-refractivity contribution in [3.05, 3.63) is 34.4 Å². The summed E-state index contributed by atoms with van der Waals surface area (Å²) in [7, 11) is 0. The Morgan fingerprint density at radius 1 is 1.41 bits per heavy atom. The zero-order valence-electron chi connectivity index (χ0n) is 9.82. The molecule has 0 heterocycles. The monoisotopic (exact) mass is 233 g/mol. The van der Waals surface area contributed by atoms with Gasteiger partial charge in [0.25, 0.3) is 5.69 Å². The fraction of sp³-hybridized carbons (Fsp3) is 0.538.